The van der Waals surface area contributed by atoms with Crippen LogP contribution in [0.1, 0.15) is 10.7 Å². The summed E-state index contributed by atoms with van der Waals surface area (Å²) >= 11 is 2.88. The van der Waals surface area contributed by atoms with Gasteiger partial charge < -0.3 is 14.8 Å². The SMILES string of the molecule is COc1ccc(OC)c(-c2csc(N/C=C(\C#N)c3nc(C)cs3)n2)c1. The molecule has 0 aliphatic carbocycles. The Morgan fingerprint density at radius 3 is 2.69 bits per heavy atom. The lowest BCUT2D eigenvalue weighted by Gasteiger charge is -2.08. The number of nitrogens with one attached hydrogen (secondary N) is 1. The molecule has 8 heteroatoms. The number of nitrogens with zero attached hydrogens (tertiary/aromatic N) is 3. The fourth-order valence-corrected chi connectivity index (χ4v) is 3.68. The van der Waals surface area contributed by atoms with Crippen LogP contribution in [-0.4, -0.2) is 24.2 Å². The molecule has 26 heavy (non-hydrogen) atoms. The molecule has 0 radical (unpaired) electrons. The van der Waals surface area contributed by atoms with Crippen molar-refractivity contribution in [3.63, 3.8) is 0 Å². The van der Waals surface area contributed by atoms with E-state index in [0.717, 1.165) is 22.7 Å². The molecule has 0 saturated heterocycles. The Bertz CT molecular complexity index is 985. The van der Waals surface area contributed by atoms with E-state index in [9.17, 15) is 5.26 Å². The van der Waals surface area contributed by atoms with Crippen LogP contribution >= 0.6 is 22.7 Å². The Balaban J connectivity index is 1.84. The molecule has 3 rings (SSSR count). The molecule has 0 amide bonds. The van der Waals surface area contributed by atoms with Crippen molar-refractivity contribution in [2.24, 2.45) is 0 Å². The predicted octanol–water partition coefficient (Wildman–Crippen LogP) is 4.57. The topological polar surface area (TPSA) is 80.1 Å². The van der Waals surface area contributed by atoms with Crippen molar-refractivity contribution >= 4 is 33.4 Å². The van der Waals surface area contributed by atoms with Crippen molar-refractivity contribution in [1.29, 1.82) is 5.26 Å². The minimum Gasteiger partial charge on any atom is -0.497 e. The minimum atomic E-state index is 0.471. The van der Waals surface area contributed by atoms with Crippen molar-refractivity contribution in [2.75, 3.05) is 19.5 Å². The summed E-state index contributed by atoms with van der Waals surface area (Å²) in [6.07, 6.45) is 1.63. The highest BCUT2D eigenvalue weighted by atomic mass is 32.1. The van der Waals surface area contributed by atoms with E-state index in [2.05, 4.69) is 21.4 Å². The second-order valence-corrected chi connectivity index (χ2v) is 6.93. The van der Waals surface area contributed by atoms with Gasteiger partial charge in [0, 0.05) is 28.2 Å². The lowest BCUT2D eigenvalue weighted by molar-refractivity contribution is 0.404. The van der Waals surface area contributed by atoms with Crippen molar-refractivity contribution in [2.45, 2.75) is 6.92 Å². The van der Waals surface area contributed by atoms with E-state index in [4.69, 9.17) is 9.47 Å². The van der Waals surface area contributed by atoms with Crippen LogP contribution in [0.3, 0.4) is 0 Å². The summed E-state index contributed by atoms with van der Waals surface area (Å²) in [7, 11) is 3.24. The zero-order valence-corrected chi connectivity index (χ0v) is 16.1. The fourth-order valence-electron chi connectivity index (χ4n) is 2.23. The number of hydrogen-bond acceptors (Lipinski definition) is 8. The lowest BCUT2D eigenvalue weighted by Crippen LogP contribution is -1.92. The summed E-state index contributed by atoms with van der Waals surface area (Å²) < 4.78 is 10.7. The molecule has 0 unspecified atom stereocenters. The highest BCUT2D eigenvalue weighted by molar-refractivity contribution is 7.14. The lowest BCUT2D eigenvalue weighted by atomic mass is 10.1. The number of benzene rings is 1. The second kappa shape index (κ2) is 7.99. The van der Waals surface area contributed by atoms with Crippen LogP contribution in [0.15, 0.2) is 35.2 Å². The number of allylic oxidation sites excluding steroid dienone is 1. The van der Waals surface area contributed by atoms with E-state index < -0.39 is 0 Å². The molecule has 0 atom stereocenters. The molecule has 6 nitrogen and oxygen atoms in total. The Morgan fingerprint density at radius 1 is 1.19 bits per heavy atom. The van der Waals surface area contributed by atoms with Crippen molar-refractivity contribution in [1.82, 2.24) is 9.97 Å². The van der Waals surface area contributed by atoms with Crippen LogP contribution in [0.5, 0.6) is 11.5 Å². The van der Waals surface area contributed by atoms with Crippen molar-refractivity contribution < 1.29 is 9.47 Å². The molecule has 0 aliphatic heterocycles. The van der Waals surface area contributed by atoms with Crippen LogP contribution in [0.25, 0.3) is 16.8 Å². The third kappa shape index (κ3) is 3.85. The molecule has 0 spiro atoms. The largest absolute Gasteiger partial charge is 0.497 e. The molecule has 0 fully saturated rings. The Hall–Kier alpha value is -2.89. The van der Waals surface area contributed by atoms with Gasteiger partial charge in [-0.25, -0.2) is 9.97 Å². The minimum absolute atomic E-state index is 0.471. The van der Waals surface area contributed by atoms with E-state index in [-0.39, 0.29) is 0 Å². The van der Waals surface area contributed by atoms with Gasteiger partial charge in [0.25, 0.3) is 0 Å². The summed E-state index contributed by atoms with van der Waals surface area (Å²) in [6.45, 7) is 1.90. The summed E-state index contributed by atoms with van der Waals surface area (Å²) in [4.78, 5) is 8.90. The number of thiazole rings is 2. The van der Waals surface area contributed by atoms with Crippen molar-refractivity contribution in [3.05, 3.63) is 45.9 Å². The Labute approximate surface area is 159 Å². The van der Waals surface area contributed by atoms with Gasteiger partial charge in [0.05, 0.1) is 19.9 Å². The average molecular weight is 384 g/mol. The molecule has 1 N–H and O–H groups in total. The molecular weight excluding hydrogens is 368 g/mol. The highest BCUT2D eigenvalue weighted by Gasteiger charge is 2.12. The summed E-state index contributed by atoms with van der Waals surface area (Å²) in [5.74, 6) is 1.45. The first kappa shape index (κ1) is 17.9. The number of rotatable bonds is 6. The number of anilines is 1. The first-order valence-corrected chi connectivity index (χ1v) is 9.37. The third-order valence-corrected chi connectivity index (χ3v) is 5.26. The average Bonchev–Trinajstić information content (AvgIpc) is 3.31. The molecule has 2 heterocycles. The summed E-state index contributed by atoms with van der Waals surface area (Å²) in [5, 5.41) is 17.6. The molecule has 0 aliphatic rings. The molecule has 3 aromatic rings. The van der Waals surface area contributed by atoms with Gasteiger partial charge in [-0.05, 0) is 25.1 Å². The molecule has 0 saturated carbocycles. The molecule has 2 aromatic heterocycles. The summed E-state index contributed by atoms with van der Waals surface area (Å²) in [5.41, 5.74) is 2.98. The van der Waals surface area contributed by atoms with Crippen molar-refractivity contribution in [3.8, 4) is 28.8 Å². The Morgan fingerprint density at radius 2 is 2.04 bits per heavy atom. The predicted molar refractivity (Wildman–Crippen MR) is 105 cm³/mol. The third-order valence-electron chi connectivity index (χ3n) is 3.50. The quantitative estimate of drug-likeness (QED) is 0.627. The zero-order valence-electron chi connectivity index (χ0n) is 14.4. The van der Waals surface area contributed by atoms with Gasteiger partial charge in [0.1, 0.15) is 28.1 Å². The normalized spacial score (nSPS) is 11.1. The van der Waals surface area contributed by atoms with E-state index in [1.807, 2.05) is 35.9 Å². The van der Waals surface area contributed by atoms with Crippen LogP contribution < -0.4 is 14.8 Å². The number of methoxy groups -OCH3 is 2. The Kier molecular flexibility index (Phi) is 5.51. The van der Waals surface area contributed by atoms with Gasteiger partial charge in [-0.2, -0.15) is 5.26 Å². The maximum atomic E-state index is 9.34. The first-order valence-electron chi connectivity index (χ1n) is 7.62. The number of hydrogen-bond donors (Lipinski definition) is 1. The highest BCUT2D eigenvalue weighted by Crippen LogP contribution is 2.35. The second-order valence-electron chi connectivity index (χ2n) is 5.21. The maximum absolute atomic E-state index is 9.34. The van der Waals surface area contributed by atoms with Crippen LogP contribution in [0.2, 0.25) is 0 Å². The number of nitriles is 1. The van der Waals surface area contributed by atoms with Gasteiger partial charge in [-0.1, -0.05) is 0 Å². The zero-order chi connectivity index (χ0) is 18.5. The molecule has 1 aromatic carbocycles. The van der Waals surface area contributed by atoms with Gasteiger partial charge >= 0.3 is 0 Å². The van der Waals surface area contributed by atoms with Gasteiger partial charge in [0.15, 0.2) is 5.13 Å². The van der Waals surface area contributed by atoms with E-state index in [1.54, 1.807) is 20.4 Å². The smallest absolute Gasteiger partial charge is 0.187 e. The fraction of sp³-hybridized carbons (Fsp3) is 0.167. The van der Waals surface area contributed by atoms with Gasteiger partial charge in [0.2, 0.25) is 0 Å². The maximum Gasteiger partial charge on any atom is 0.187 e. The first-order chi connectivity index (χ1) is 12.6. The standard InChI is InChI=1S/C18H16N4O2S2/c1-11-9-25-17(21-11)12(7-19)8-20-18-22-15(10-26-18)14-6-13(23-2)4-5-16(14)24-3/h4-6,8-10H,1-3H3,(H,20,22)/b12-8+. The molecule has 0 bridgehead atoms. The molecule has 132 valence electrons. The van der Waals surface area contributed by atoms with Gasteiger partial charge in [-0.15, -0.1) is 22.7 Å². The van der Waals surface area contributed by atoms with Crippen LogP contribution in [0, 0.1) is 18.3 Å². The monoisotopic (exact) mass is 384 g/mol. The molecular formula is C18H16N4O2S2. The van der Waals surface area contributed by atoms with E-state index in [0.29, 0.717) is 21.5 Å². The van der Waals surface area contributed by atoms with Crippen LogP contribution in [0.4, 0.5) is 5.13 Å². The van der Waals surface area contributed by atoms with Crippen LogP contribution in [-0.2, 0) is 0 Å². The number of ether oxygens (including phenoxy) is 2. The van der Waals surface area contributed by atoms with E-state index >= 15 is 0 Å². The number of aryl methyl sites for hydroxylation is 1. The number of aromatic nitrogens is 2. The van der Waals surface area contributed by atoms with E-state index in [1.165, 1.54) is 22.7 Å². The summed E-state index contributed by atoms with van der Waals surface area (Å²) in [6, 6.07) is 7.73. The van der Waals surface area contributed by atoms with Gasteiger partial charge in [-0.3, -0.25) is 0 Å².